The van der Waals surface area contributed by atoms with Gasteiger partial charge in [0.05, 0.1) is 0 Å². The summed E-state index contributed by atoms with van der Waals surface area (Å²) in [7, 11) is 0. The second-order valence-electron chi connectivity index (χ2n) is 10.00. The maximum absolute atomic E-state index is 4.22. The fraction of sp³-hybridized carbons (Fsp3) is 0.0857. The molecule has 0 unspecified atom stereocenters. The van der Waals surface area contributed by atoms with Crippen molar-refractivity contribution in [2.75, 3.05) is 4.90 Å². The van der Waals surface area contributed by atoms with E-state index in [1.807, 2.05) is 48.5 Å². The predicted molar refractivity (Wildman–Crippen MR) is 161 cm³/mol. The molecule has 0 fully saturated rings. The molecule has 0 spiro atoms. The summed E-state index contributed by atoms with van der Waals surface area (Å²) in [6.45, 7) is 6.55. The van der Waals surface area contributed by atoms with Crippen molar-refractivity contribution in [3.05, 3.63) is 134 Å². The molecule has 0 aliphatic carbocycles. The van der Waals surface area contributed by atoms with Crippen LogP contribution in [-0.2, 0) is 20.1 Å². The largest absolute Gasteiger partial charge is 3.00 e. The van der Waals surface area contributed by atoms with Crippen LogP contribution in [0.4, 0.5) is 5.69 Å². The summed E-state index contributed by atoms with van der Waals surface area (Å²) in [6.07, 6.45) is 6.04. The van der Waals surface area contributed by atoms with Crippen LogP contribution in [0.25, 0.3) is 49.4 Å². The molecule has 0 radical (unpaired) electrons. The first-order chi connectivity index (χ1) is 19.2. The van der Waals surface area contributed by atoms with Crippen LogP contribution in [0.2, 0.25) is 0 Å². The van der Waals surface area contributed by atoms with Crippen molar-refractivity contribution in [3.8, 4) is 11.3 Å². The molecule has 1 aliphatic heterocycles. The quantitative estimate of drug-likeness (QED) is 0.174. The monoisotopic (exact) mass is 696 g/mol. The molecule has 0 atom stereocenters. The molecular formula is C35H27IrN4. The van der Waals surface area contributed by atoms with Crippen molar-refractivity contribution in [2.24, 2.45) is 0 Å². The maximum Gasteiger partial charge on any atom is 3.00 e. The Morgan fingerprint density at radius 3 is 2.20 bits per heavy atom. The van der Waals surface area contributed by atoms with E-state index in [0.29, 0.717) is 6.04 Å². The van der Waals surface area contributed by atoms with Gasteiger partial charge in [0.1, 0.15) is 0 Å². The van der Waals surface area contributed by atoms with E-state index < -0.39 is 0 Å². The minimum absolute atomic E-state index is 0. The zero-order chi connectivity index (χ0) is 26.3. The number of fused-ring (bicyclic) bond motifs is 6. The molecule has 4 heterocycles. The molecule has 0 saturated carbocycles. The van der Waals surface area contributed by atoms with Crippen molar-refractivity contribution < 1.29 is 20.1 Å². The second kappa shape index (κ2) is 10.8. The molecule has 0 bridgehead atoms. The maximum atomic E-state index is 4.22. The van der Waals surface area contributed by atoms with Crippen LogP contribution in [0, 0.1) is 18.8 Å². The van der Waals surface area contributed by atoms with Crippen LogP contribution in [0.1, 0.15) is 13.8 Å². The summed E-state index contributed by atoms with van der Waals surface area (Å²) < 4.78 is 2.42. The van der Waals surface area contributed by atoms with Crippen LogP contribution >= 0.6 is 0 Å². The number of aromatic nitrogens is 2. The first kappa shape index (κ1) is 26.1. The summed E-state index contributed by atoms with van der Waals surface area (Å²) in [6, 6.07) is 40.3. The van der Waals surface area contributed by atoms with Crippen molar-refractivity contribution in [1.82, 2.24) is 14.3 Å². The van der Waals surface area contributed by atoms with E-state index in [-0.39, 0.29) is 20.1 Å². The molecule has 4 nitrogen and oxygen atoms in total. The minimum atomic E-state index is 0. The van der Waals surface area contributed by atoms with Crippen molar-refractivity contribution >= 4 is 43.8 Å². The molecule has 4 aromatic carbocycles. The van der Waals surface area contributed by atoms with Gasteiger partial charge in [-0.2, -0.15) is 24.9 Å². The van der Waals surface area contributed by atoms with E-state index in [9.17, 15) is 0 Å². The number of rotatable bonds is 3. The summed E-state index contributed by atoms with van der Waals surface area (Å²) in [4.78, 5) is 8.62. The third-order valence-corrected chi connectivity index (χ3v) is 7.32. The van der Waals surface area contributed by atoms with E-state index in [0.717, 1.165) is 16.9 Å². The van der Waals surface area contributed by atoms with Gasteiger partial charge in [-0.05, 0) is 61.0 Å². The van der Waals surface area contributed by atoms with Crippen LogP contribution in [0.3, 0.4) is 0 Å². The third kappa shape index (κ3) is 4.32. The fourth-order valence-electron chi connectivity index (χ4n) is 5.47. The number of nitrogens with zero attached hydrogens (tertiary/aromatic N) is 4. The Balaban J connectivity index is 0.000000188. The van der Waals surface area contributed by atoms with Gasteiger partial charge in [-0.1, -0.05) is 54.2 Å². The van der Waals surface area contributed by atoms with Crippen LogP contribution in [0.5, 0.6) is 0 Å². The molecule has 40 heavy (non-hydrogen) atoms. The molecular weight excluding hydrogens is 669 g/mol. The summed E-state index contributed by atoms with van der Waals surface area (Å²) in [5.41, 5.74) is 6.88. The number of anilines is 1. The summed E-state index contributed by atoms with van der Waals surface area (Å²) in [5, 5.41) is 5.20. The molecule has 7 aromatic rings. The average Bonchev–Trinajstić information content (AvgIpc) is 3.71. The number of hydrogen-bond acceptors (Lipinski definition) is 3. The van der Waals surface area contributed by atoms with Crippen LogP contribution in [0.15, 0.2) is 116 Å². The van der Waals surface area contributed by atoms with Gasteiger partial charge in [0.15, 0.2) is 0 Å². The number of pyridine rings is 1. The number of benzene rings is 4. The molecule has 0 N–H and O–H groups in total. The average molecular weight is 696 g/mol. The Kier molecular flexibility index (Phi) is 7.02. The molecule has 1 aliphatic rings. The Hall–Kier alpha value is -4.18. The van der Waals surface area contributed by atoms with Gasteiger partial charge in [-0.15, -0.1) is 41.3 Å². The van der Waals surface area contributed by atoms with Gasteiger partial charge in [-0.3, -0.25) is 0 Å². The first-order valence-electron chi connectivity index (χ1n) is 13.3. The van der Waals surface area contributed by atoms with E-state index in [1.54, 1.807) is 6.20 Å². The Morgan fingerprint density at radius 1 is 0.700 bits per heavy atom. The topological polar surface area (TPSA) is 23.8 Å². The smallest absolute Gasteiger partial charge is 0.506 e. The zero-order valence-electron chi connectivity index (χ0n) is 22.2. The van der Waals surface area contributed by atoms with Gasteiger partial charge >= 0.3 is 20.1 Å². The van der Waals surface area contributed by atoms with Crippen molar-refractivity contribution in [3.63, 3.8) is 0 Å². The van der Waals surface area contributed by atoms with Gasteiger partial charge < -0.3 is 19.2 Å². The number of hydrogen-bond donors (Lipinski definition) is 0. The molecule has 8 rings (SSSR count). The normalized spacial score (nSPS) is 13.0. The van der Waals surface area contributed by atoms with Crippen molar-refractivity contribution in [2.45, 2.75) is 19.9 Å². The van der Waals surface area contributed by atoms with E-state index in [4.69, 9.17) is 0 Å². The molecule has 0 amide bonds. The summed E-state index contributed by atoms with van der Waals surface area (Å²) >= 11 is 0. The standard InChI is InChI=1S/C24H19N3.C11H8N.Ir/c1-16(2)25-13-14-26(15-25)22-12-6-10-20-19-9-5-8-18-17-7-3-4-11-21(17)27(23(18)19)24(20)22;1-2-6-10(7-3-1)11-8-4-5-9-12-11;/h3-11,13-16H,1-2H3;1-6,8-9H;/q-2;-1;+3. The molecule has 3 aromatic heterocycles. The Morgan fingerprint density at radius 2 is 1.45 bits per heavy atom. The van der Waals surface area contributed by atoms with E-state index in [1.165, 1.54) is 38.1 Å². The van der Waals surface area contributed by atoms with Gasteiger partial charge in [0, 0.05) is 28.0 Å². The zero-order valence-corrected chi connectivity index (χ0v) is 24.6. The Bertz CT molecular complexity index is 1890. The van der Waals surface area contributed by atoms with Gasteiger partial charge in [0.2, 0.25) is 0 Å². The molecule has 0 saturated heterocycles. The minimum Gasteiger partial charge on any atom is -0.506 e. The molecule has 196 valence electrons. The molecule has 5 heteroatoms. The van der Waals surface area contributed by atoms with E-state index >= 15 is 0 Å². The second-order valence-corrected chi connectivity index (χ2v) is 10.00. The fourth-order valence-corrected chi connectivity index (χ4v) is 5.47. The Labute approximate surface area is 247 Å². The first-order valence-corrected chi connectivity index (χ1v) is 13.3. The van der Waals surface area contributed by atoms with Crippen molar-refractivity contribution in [1.29, 1.82) is 0 Å². The predicted octanol–water partition coefficient (Wildman–Crippen LogP) is 8.30. The SMILES string of the molecule is CC(C)N1C=CN(c2[c-]ccc3c4cccc5c6ccccc6n(c23)c54)[CH-]1.[Ir+3].[c-]1ccccc1-c1ccccn1. The summed E-state index contributed by atoms with van der Waals surface area (Å²) in [5.74, 6) is 0. The van der Waals surface area contributed by atoms with Crippen LogP contribution in [-0.4, -0.2) is 20.3 Å². The van der Waals surface area contributed by atoms with Crippen LogP contribution < -0.4 is 4.90 Å². The third-order valence-electron chi connectivity index (χ3n) is 7.32. The van der Waals surface area contributed by atoms with Gasteiger partial charge in [-0.25, -0.2) is 0 Å². The van der Waals surface area contributed by atoms with E-state index in [2.05, 4.69) is 113 Å². The van der Waals surface area contributed by atoms with Gasteiger partial charge in [0.25, 0.3) is 0 Å². The number of para-hydroxylation sites is 2.